The second-order valence-electron chi connectivity index (χ2n) is 5.58. The number of amides is 1. The Morgan fingerprint density at radius 3 is 2.39 bits per heavy atom. The van der Waals surface area contributed by atoms with Crippen LogP contribution >= 0.6 is 24.0 Å². The Morgan fingerprint density at radius 2 is 1.83 bits per heavy atom. The molecule has 1 aromatic carbocycles. The largest absolute Gasteiger partial charge is 0.358 e. The number of carbonyl (C=O) groups excluding carboxylic acids is 1. The van der Waals surface area contributed by atoms with Crippen LogP contribution in [0.25, 0.3) is 0 Å². The van der Waals surface area contributed by atoms with Crippen molar-refractivity contribution >= 4 is 39.9 Å². The molecule has 0 saturated heterocycles. The Labute approximate surface area is 150 Å². The van der Waals surface area contributed by atoms with Gasteiger partial charge in [0, 0.05) is 18.8 Å². The molecular formula is C18H28N2OS2. The van der Waals surface area contributed by atoms with Crippen molar-refractivity contribution < 1.29 is 4.79 Å². The maximum absolute atomic E-state index is 12.5. The summed E-state index contributed by atoms with van der Waals surface area (Å²) in [6.07, 6.45) is 1.04. The summed E-state index contributed by atoms with van der Waals surface area (Å²) in [7, 11) is 0. The average molecular weight is 353 g/mol. The zero-order valence-corrected chi connectivity index (χ0v) is 16.4. The monoisotopic (exact) mass is 352 g/mol. The molecule has 5 heteroatoms. The predicted molar refractivity (Wildman–Crippen MR) is 106 cm³/mol. The molecule has 0 aromatic heterocycles. The molecule has 0 fully saturated rings. The molecule has 1 aromatic rings. The molecule has 0 heterocycles. The Balaban J connectivity index is 2.74. The lowest BCUT2D eigenvalue weighted by Gasteiger charge is -2.23. The molecule has 23 heavy (non-hydrogen) atoms. The van der Waals surface area contributed by atoms with Crippen molar-refractivity contribution in [3.8, 4) is 0 Å². The van der Waals surface area contributed by atoms with E-state index in [0.29, 0.717) is 5.92 Å². The van der Waals surface area contributed by atoms with E-state index in [9.17, 15) is 4.79 Å². The average Bonchev–Trinajstić information content (AvgIpc) is 2.55. The lowest BCUT2D eigenvalue weighted by atomic mass is 9.97. The smallest absolute Gasteiger partial charge is 0.237 e. The summed E-state index contributed by atoms with van der Waals surface area (Å²) in [6.45, 7) is 12.1. The van der Waals surface area contributed by atoms with Crippen LogP contribution in [0.15, 0.2) is 24.3 Å². The molecule has 0 unspecified atom stereocenters. The summed E-state index contributed by atoms with van der Waals surface area (Å²) in [5.74, 6) is 0.423. The summed E-state index contributed by atoms with van der Waals surface area (Å²) in [5.41, 5.74) is 2.10. The molecule has 0 spiro atoms. The van der Waals surface area contributed by atoms with E-state index in [1.165, 1.54) is 17.3 Å². The van der Waals surface area contributed by atoms with E-state index >= 15 is 0 Å². The maximum atomic E-state index is 12.5. The Hall–Kier alpha value is -1.07. The molecule has 2 atom stereocenters. The van der Waals surface area contributed by atoms with Crippen molar-refractivity contribution in [3.63, 3.8) is 0 Å². The van der Waals surface area contributed by atoms with E-state index < -0.39 is 0 Å². The Kier molecular flexibility index (Phi) is 8.63. The van der Waals surface area contributed by atoms with Crippen LogP contribution in [0.4, 0.5) is 5.69 Å². The number of hydrogen-bond donors (Lipinski definition) is 1. The van der Waals surface area contributed by atoms with Crippen LogP contribution in [0.5, 0.6) is 0 Å². The zero-order chi connectivity index (χ0) is 17.4. The van der Waals surface area contributed by atoms with Crippen LogP contribution in [-0.4, -0.2) is 33.5 Å². The second-order valence-corrected chi connectivity index (χ2v) is 7.56. The third kappa shape index (κ3) is 5.81. The quantitative estimate of drug-likeness (QED) is 0.708. The van der Waals surface area contributed by atoms with Crippen LogP contribution in [-0.2, 0) is 4.79 Å². The number of nitrogens with zero attached hydrogens (tertiary/aromatic N) is 1. The molecular weight excluding hydrogens is 324 g/mol. The van der Waals surface area contributed by atoms with Gasteiger partial charge in [-0.05, 0) is 44.7 Å². The van der Waals surface area contributed by atoms with Gasteiger partial charge >= 0.3 is 0 Å². The first kappa shape index (κ1) is 20.0. The third-order valence-electron chi connectivity index (χ3n) is 4.03. The highest BCUT2D eigenvalue weighted by molar-refractivity contribution is 8.23. The first-order chi connectivity index (χ1) is 10.9. The second kappa shape index (κ2) is 9.93. The van der Waals surface area contributed by atoms with Crippen LogP contribution in [0, 0.1) is 0 Å². The van der Waals surface area contributed by atoms with Gasteiger partial charge in [-0.15, -0.1) is 0 Å². The number of benzene rings is 1. The number of rotatable bonds is 7. The van der Waals surface area contributed by atoms with Gasteiger partial charge in [-0.1, -0.05) is 56.0 Å². The highest BCUT2D eigenvalue weighted by Gasteiger charge is 2.19. The van der Waals surface area contributed by atoms with Crippen molar-refractivity contribution in [1.82, 2.24) is 4.90 Å². The molecule has 0 radical (unpaired) electrons. The van der Waals surface area contributed by atoms with Gasteiger partial charge in [0.15, 0.2) is 0 Å². The fourth-order valence-corrected chi connectivity index (χ4v) is 3.82. The van der Waals surface area contributed by atoms with Crippen molar-refractivity contribution in [2.45, 2.75) is 52.2 Å². The van der Waals surface area contributed by atoms with E-state index in [0.717, 1.165) is 29.5 Å². The van der Waals surface area contributed by atoms with Crippen molar-refractivity contribution in [2.75, 3.05) is 18.4 Å². The summed E-state index contributed by atoms with van der Waals surface area (Å²) in [4.78, 5) is 14.6. The van der Waals surface area contributed by atoms with Gasteiger partial charge in [-0.2, -0.15) is 0 Å². The molecule has 0 saturated carbocycles. The molecule has 0 bridgehead atoms. The topological polar surface area (TPSA) is 32.3 Å². The van der Waals surface area contributed by atoms with Crippen LogP contribution in [0.3, 0.4) is 0 Å². The van der Waals surface area contributed by atoms with Gasteiger partial charge in [-0.3, -0.25) is 4.79 Å². The standard InChI is InChI=1S/C18H28N2OS2/c1-6-13(4)15-11-9-10-12-16(15)19-17(21)14(5)23-18(22)20(7-2)8-3/h9-14H,6-8H2,1-5H3,(H,19,21)/t13-,14+/m0/s1. The molecule has 0 aliphatic rings. The number of hydrogen-bond acceptors (Lipinski definition) is 3. The number of thioether (sulfide) groups is 1. The SMILES string of the molecule is CC[C@H](C)c1ccccc1NC(=O)[C@@H](C)SC(=S)N(CC)CC. The van der Waals surface area contributed by atoms with Crippen molar-refractivity contribution in [3.05, 3.63) is 29.8 Å². The highest BCUT2D eigenvalue weighted by atomic mass is 32.2. The van der Waals surface area contributed by atoms with Gasteiger partial charge in [0.25, 0.3) is 0 Å². The molecule has 1 amide bonds. The normalized spacial score (nSPS) is 13.3. The van der Waals surface area contributed by atoms with E-state index in [1.807, 2.05) is 25.1 Å². The lowest BCUT2D eigenvalue weighted by Crippen LogP contribution is -2.31. The van der Waals surface area contributed by atoms with E-state index in [4.69, 9.17) is 12.2 Å². The van der Waals surface area contributed by atoms with Gasteiger partial charge in [0.05, 0.1) is 5.25 Å². The first-order valence-electron chi connectivity index (χ1n) is 8.29. The Bertz CT molecular complexity index is 530. The van der Waals surface area contributed by atoms with Gasteiger partial charge < -0.3 is 10.2 Å². The molecule has 3 nitrogen and oxygen atoms in total. The predicted octanol–water partition coefficient (Wildman–Crippen LogP) is 4.89. The minimum absolute atomic E-state index is 0.000240. The van der Waals surface area contributed by atoms with Crippen LogP contribution in [0.1, 0.15) is 52.5 Å². The van der Waals surface area contributed by atoms with Crippen LogP contribution in [0.2, 0.25) is 0 Å². The number of para-hydroxylation sites is 1. The molecule has 0 aliphatic heterocycles. The van der Waals surface area contributed by atoms with E-state index in [1.54, 1.807) is 0 Å². The summed E-state index contributed by atoms with van der Waals surface area (Å²) in [5, 5.41) is 2.85. The Morgan fingerprint density at radius 1 is 1.22 bits per heavy atom. The minimum atomic E-state index is -0.215. The minimum Gasteiger partial charge on any atom is -0.358 e. The van der Waals surface area contributed by atoms with Crippen LogP contribution < -0.4 is 5.32 Å². The van der Waals surface area contributed by atoms with Crippen molar-refractivity contribution in [2.24, 2.45) is 0 Å². The van der Waals surface area contributed by atoms with E-state index in [2.05, 4.69) is 44.0 Å². The maximum Gasteiger partial charge on any atom is 0.237 e. The number of carbonyl (C=O) groups is 1. The number of thiocarbonyl (C=S) groups is 1. The fourth-order valence-electron chi connectivity index (χ4n) is 2.26. The fraction of sp³-hybridized carbons (Fsp3) is 0.556. The lowest BCUT2D eigenvalue weighted by molar-refractivity contribution is -0.115. The summed E-state index contributed by atoms with van der Waals surface area (Å²) in [6, 6.07) is 8.03. The van der Waals surface area contributed by atoms with Gasteiger partial charge in [0.1, 0.15) is 4.32 Å². The molecule has 1 N–H and O–H groups in total. The zero-order valence-electron chi connectivity index (χ0n) is 14.8. The first-order valence-corrected chi connectivity index (χ1v) is 9.58. The number of anilines is 1. The molecule has 128 valence electrons. The van der Waals surface area contributed by atoms with Crippen molar-refractivity contribution in [1.29, 1.82) is 0 Å². The van der Waals surface area contributed by atoms with E-state index in [-0.39, 0.29) is 11.2 Å². The molecule has 1 rings (SSSR count). The number of nitrogens with one attached hydrogen (secondary N) is 1. The molecule has 0 aliphatic carbocycles. The highest BCUT2D eigenvalue weighted by Crippen LogP contribution is 2.27. The van der Waals surface area contributed by atoms with Gasteiger partial charge in [-0.25, -0.2) is 0 Å². The summed E-state index contributed by atoms with van der Waals surface area (Å²) < 4.78 is 0.785. The van der Waals surface area contributed by atoms with Gasteiger partial charge in [0.2, 0.25) is 5.91 Å². The third-order valence-corrected chi connectivity index (χ3v) is 5.60. The summed E-state index contributed by atoms with van der Waals surface area (Å²) >= 11 is 6.88.